The summed E-state index contributed by atoms with van der Waals surface area (Å²) in [6.07, 6.45) is 12.0. The van der Waals surface area contributed by atoms with Crippen LogP contribution in [-0.4, -0.2) is 17.3 Å². The molecule has 0 aromatic carbocycles. The summed E-state index contributed by atoms with van der Waals surface area (Å²) in [6, 6.07) is 0.463. The van der Waals surface area contributed by atoms with Gasteiger partial charge in [0, 0.05) is 6.04 Å². The van der Waals surface area contributed by atoms with Gasteiger partial charge in [0.25, 0.3) is 0 Å². The zero-order valence-electron chi connectivity index (χ0n) is 15.4. The van der Waals surface area contributed by atoms with E-state index in [2.05, 4.69) is 13.8 Å². The molecule has 0 saturated heterocycles. The van der Waals surface area contributed by atoms with Crippen molar-refractivity contribution in [1.29, 1.82) is 0 Å². The molecule has 0 aromatic heterocycles. The van der Waals surface area contributed by atoms with Gasteiger partial charge in [-0.1, -0.05) is 13.8 Å². The van der Waals surface area contributed by atoms with Crippen LogP contribution in [0.15, 0.2) is 0 Å². The number of nitrogens with two attached hydrogens (primary N) is 1. The van der Waals surface area contributed by atoms with Crippen LogP contribution >= 0.6 is 0 Å². The maximum absolute atomic E-state index is 10.3. The van der Waals surface area contributed by atoms with Crippen molar-refractivity contribution in [1.82, 2.24) is 0 Å². The second kappa shape index (κ2) is 5.46. The molecule has 0 amide bonds. The standard InChI is InChI=1S/C21H37NO/c1-13(23)17-6-7-18-16-5-4-14-12-15(22)8-10-20(14,2)19(16)9-11-21(17,18)3/h13-19,23H,4-12,22H2,1-3H3/t13-,14-,15?,16-,17+,18-,19-,20-,21+/m0/s1. The van der Waals surface area contributed by atoms with E-state index >= 15 is 0 Å². The minimum atomic E-state index is -0.124. The molecule has 0 bridgehead atoms. The van der Waals surface area contributed by atoms with Crippen molar-refractivity contribution in [3.05, 3.63) is 0 Å². The number of aliphatic hydroxyl groups excluding tert-OH is 1. The summed E-state index contributed by atoms with van der Waals surface area (Å²) >= 11 is 0. The van der Waals surface area contributed by atoms with Crippen molar-refractivity contribution in [2.24, 2.45) is 46.2 Å². The van der Waals surface area contributed by atoms with Crippen molar-refractivity contribution >= 4 is 0 Å². The van der Waals surface area contributed by atoms with Crippen LogP contribution < -0.4 is 5.73 Å². The highest BCUT2D eigenvalue weighted by Gasteiger charge is 2.60. The van der Waals surface area contributed by atoms with Gasteiger partial charge in [0.1, 0.15) is 0 Å². The van der Waals surface area contributed by atoms with E-state index in [1.165, 1.54) is 57.8 Å². The molecule has 4 fully saturated rings. The van der Waals surface area contributed by atoms with Crippen LogP contribution in [0, 0.1) is 40.4 Å². The van der Waals surface area contributed by atoms with Crippen molar-refractivity contribution in [2.75, 3.05) is 0 Å². The average molecular weight is 320 g/mol. The number of hydrogen-bond donors (Lipinski definition) is 2. The van der Waals surface area contributed by atoms with Gasteiger partial charge in [-0.3, -0.25) is 0 Å². The Kier molecular flexibility index (Phi) is 3.89. The maximum Gasteiger partial charge on any atom is 0.0545 e. The Hall–Kier alpha value is -0.0800. The van der Waals surface area contributed by atoms with Gasteiger partial charge in [-0.15, -0.1) is 0 Å². The van der Waals surface area contributed by atoms with E-state index in [9.17, 15) is 5.11 Å². The first-order chi connectivity index (χ1) is 10.9. The largest absolute Gasteiger partial charge is 0.393 e. The molecule has 0 aliphatic heterocycles. The molecule has 3 N–H and O–H groups in total. The molecule has 9 atom stereocenters. The molecule has 2 heteroatoms. The van der Waals surface area contributed by atoms with Crippen LogP contribution in [0.1, 0.15) is 78.6 Å². The zero-order chi connectivity index (χ0) is 16.4. The topological polar surface area (TPSA) is 46.2 Å². The van der Waals surface area contributed by atoms with Gasteiger partial charge in [0.05, 0.1) is 6.10 Å². The van der Waals surface area contributed by atoms with E-state index in [1.54, 1.807) is 0 Å². The summed E-state index contributed by atoms with van der Waals surface area (Å²) in [5, 5.41) is 10.3. The Balaban J connectivity index is 1.60. The smallest absolute Gasteiger partial charge is 0.0545 e. The van der Waals surface area contributed by atoms with Crippen LogP contribution in [0.2, 0.25) is 0 Å². The number of aliphatic hydroxyl groups is 1. The maximum atomic E-state index is 10.3. The first-order valence-electron chi connectivity index (χ1n) is 10.3. The SMILES string of the molecule is C[C@H](O)[C@H]1CC[C@H]2[C@@H]3CC[C@H]4CC(N)CC[C@]4(C)[C@H]3CC[C@]12C. The monoisotopic (exact) mass is 319 g/mol. The predicted molar refractivity (Wildman–Crippen MR) is 94.9 cm³/mol. The third-order valence-corrected chi connectivity index (χ3v) is 9.36. The molecule has 4 rings (SSSR count). The molecule has 2 nitrogen and oxygen atoms in total. The summed E-state index contributed by atoms with van der Waals surface area (Å²) in [5.74, 6) is 4.14. The second-order valence-electron chi connectivity index (χ2n) is 10.2. The Labute approximate surface area is 142 Å². The zero-order valence-corrected chi connectivity index (χ0v) is 15.4. The molecule has 23 heavy (non-hydrogen) atoms. The van der Waals surface area contributed by atoms with Gasteiger partial charge in [0.2, 0.25) is 0 Å². The normalized spacial score (nSPS) is 57.3. The molecular weight excluding hydrogens is 282 g/mol. The third kappa shape index (κ3) is 2.27. The first kappa shape index (κ1) is 16.4. The number of hydrogen-bond acceptors (Lipinski definition) is 2. The fraction of sp³-hybridized carbons (Fsp3) is 1.00. The number of rotatable bonds is 1. The minimum Gasteiger partial charge on any atom is -0.393 e. The third-order valence-electron chi connectivity index (χ3n) is 9.36. The van der Waals surface area contributed by atoms with Crippen LogP contribution in [-0.2, 0) is 0 Å². The fourth-order valence-electron chi connectivity index (χ4n) is 8.12. The average Bonchev–Trinajstić information content (AvgIpc) is 2.85. The lowest BCUT2D eigenvalue weighted by atomic mass is 9.44. The molecule has 0 spiro atoms. The predicted octanol–water partition coefficient (Wildman–Crippen LogP) is 4.35. The van der Waals surface area contributed by atoms with Crippen molar-refractivity contribution in [2.45, 2.75) is 90.7 Å². The lowest BCUT2D eigenvalue weighted by Crippen LogP contribution is -2.55. The van der Waals surface area contributed by atoms with Crippen molar-refractivity contribution in [3.63, 3.8) is 0 Å². The highest BCUT2D eigenvalue weighted by Crippen LogP contribution is 2.67. The molecule has 4 saturated carbocycles. The van der Waals surface area contributed by atoms with E-state index in [4.69, 9.17) is 5.73 Å². The van der Waals surface area contributed by atoms with Gasteiger partial charge in [-0.2, -0.15) is 0 Å². The van der Waals surface area contributed by atoms with Gasteiger partial charge in [-0.05, 0) is 105 Å². The molecule has 4 aliphatic rings. The highest BCUT2D eigenvalue weighted by molar-refractivity contribution is 5.09. The molecule has 4 aliphatic carbocycles. The van der Waals surface area contributed by atoms with Crippen molar-refractivity contribution < 1.29 is 5.11 Å². The van der Waals surface area contributed by atoms with Crippen molar-refractivity contribution in [3.8, 4) is 0 Å². The lowest BCUT2D eigenvalue weighted by Gasteiger charge is -2.61. The fourth-order valence-corrected chi connectivity index (χ4v) is 8.12. The van der Waals surface area contributed by atoms with Crippen LogP contribution in [0.25, 0.3) is 0 Å². The summed E-state index contributed by atoms with van der Waals surface area (Å²) in [6.45, 7) is 7.17. The Morgan fingerprint density at radius 2 is 1.61 bits per heavy atom. The summed E-state index contributed by atoms with van der Waals surface area (Å²) < 4.78 is 0. The van der Waals surface area contributed by atoms with E-state index in [0.29, 0.717) is 22.8 Å². The molecule has 132 valence electrons. The lowest BCUT2D eigenvalue weighted by molar-refractivity contribution is -0.120. The van der Waals surface area contributed by atoms with E-state index < -0.39 is 0 Å². The molecular formula is C21H37NO. The Morgan fingerprint density at radius 1 is 0.913 bits per heavy atom. The molecule has 1 unspecified atom stereocenters. The van der Waals surface area contributed by atoms with Crippen LogP contribution in [0.3, 0.4) is 0 Å². The molecule has 0 heterocycles. The van der Waals surface area contributed by atoms with Gasteiger partial charge < -0.3 is 10.8 Å². The quantitative estimate of drug-likeness (QED) is 0.754. The van der Waals surface area contributed by atoms with E-state index in [0.717, 1.165) is 23.7 Å². The minimum absolute atomic E-state index is 0.124. The van der Waals surface area contributed by atoms with E-state index in [-0.39, 0.29) is 6.10 Å². The summed E-state index contributed by atoms with van der Waals surface area (Å²) in [5.41, 5.74) is 7.26. The highest BCUT2D eigenvalue weighted by atomic mass is 16.3. The van der Waals surface area contributed by atoms with Crippen LogP contribution in [0.5, 0.6) is 0 Å². The Morgan fingerprint density at radius 3 is 2.35 bits per heavy atom. The molecule has 0 radical (unpaired) electrons. The Bertz CT molecular complexity index is 463. The molecule has 0 aromatic rings. The van der Waals surface area contributed by atoms with Gasteiger partial charge in [-0.25, -0.2) is 0 Å². The second-order valence-corrected chi connectivity index (χ2v) is 10.2. The summed E-state index contributed by atoms with van der Waals surface area (Å²) in [7, 11) is 0. The number of fused-ring (bicyclic) bond motifs is 5. The first-order valence-corrected chi connectivity index (χ1v) is 10.3. The summed E-state index contributed by atoms with van der Waals surface area (Å²) in [4.78, 5) is 0. The van der Waals surface area contributed by atoms with E-state index in [1.807, 2.05) is 6.92 Å². The van der Waals surface area contributed by atoms with Gasteiger partial charge in [0.15, 0.2) is 0 Å². The van der Waals surface area contributed by atoms with Crippen LogP contribution in [0.4, 0.5) is 0 Å². The van der Waals surface area contributed by atoms with Gasteiger partial charge >= 0.3 is 0 Å².